The van der Waals surface area contributed by atoms with E-state index in [0.717, 1.165) is 18.2 Å². The predicted octanol–water partition coefficient (Wildman–Crippen LogP) is 4.91. The largest absolute Gasteiger partial charge is 0.417 e. The molecule has 0 bridgehead atoms. The Balaban J connectivity index is 2.39. The number of piperidine rings is 1. The lowest BCUT2D eigenvalue weighted by Gasteiger charge is -2.39. The maximum absolute atomic E-state index is 13.0. The molecule has 11 heteroatoms. The van der Waals surface area contributed by atoms with Crippen molar-refractivity contribution in [1.29, 1.82) is 0 Å². The zero-order valence-electron chi connectivity index (χ0n) is 12.8. The third-order valence-corrected chi connectivity index (χ3v) is 4.13. The van der Waals surface area contributed by atoms with Gasteiger partial charge in [-0.05, 0) is 18.6 Å². The Morgan fingerprint density at radius 3 is 1.73 bits per heavy atom. The molecule has 0 radical (unpaired) electrons. The lowest BCUT2D eigenvalue weighted by Crippen LogP contribution is -2.51. The van der Waals surface area contributed by atoms with E-state index in [4.69, 9.17) is 0 Å². The number of alkyl halides is 9. The second-order valence-corrected chi connectivity index (χ2v) is 5.97. The average Bonchev–Trinajstić information content (AvgIpc) is 2.51. The van der Waals surface area contributed by atoms with E-state index in [0.29, 0.717) is 6.07 Å². The van der Waals surface area contributed by atoms with E-state index in [2.05, 4.69) is 0 Å². The van der Waals surface area contributed by atoms with E-state index < -0.39 is 66.9 Å². The molecule has 0 saturated carbocycles. The van der Waals surface area contributed by atoms with Crippen molar-refractivity contribution in [2.45, 2.75) is 24.9 Å². The van der Waals surface area contributed by atoms with Crippen molar-refractivity contribution in [2.24, 2.45) is 11.8 Å². The summed E-state index contributed by atoms with van der Waals surface area (Å²) in [5.41, 5.74) is -2.40. The maximum Gasteiger partial charge on any atom is 0.417 e. The van der Waals surface area contributed by atoms with Gasteiger partial charge in [-0.25, -0.2) is 0 Å². The first kappa shape index (κ1) is 20.4. The molecule has 1 aromatic rings. The first-order valence-electron chi connectivity index (χ1n) is 7.30. The zero-order chi connectivity index (χ0) is 19.9. The van der Waals surface area contributed by atoms with Crippen LogP contribution in [0.3, 0.4) is 0 Å². The Labute approximate surface area is 141 Å². The molecule has 1 fully saturated rings. The second-order valence-electron chi connectivity index (χ2n) is 5.97. The average molecular weight is 393 g/mol. The van der Waals surface area contributed by atoms with Crippen LogP contribution < -0.4 is 0 Å². The van der Waals surface area contributed by atoms with Crippen LogP contribution in [0.2, 0.25) is 0 Å². The summed E-state index contributed by atoms with van der Waals surface area (Å²) < 4.78 is 116. The minimum atomic E-state index is -5.01. The van der Waals surface area contributed by atoms with Crippen LogP contribution in [0.25, 0.3) is 0 Å². The number of nitrogens with zero attached hydrogens (tertiary/aromatic N) is 1. The van der Waals surface area contributed by atoms with Crippen molar-refractivity contribution in [2.75, 3.05) is 13.1 Å². The van der Waals surface area contributed by atoms with Crippen molar-refractivity contribution < 1.29 is 44.3 Å². The molecule has 2 atom stereocenters. The van der Waals surface area contributed by atoms with Gasteiger partial charge < -0.3 is 4.90 Å². The Kier molecular flexibility index (Phi) is 5.22. The summed E-state index contributed by atoms with van der Waals surface area (Å²) in [5, 5.41) is 0. The summed E-state index contributed by atoms with van der Waals surface area (Å²) in [6.45, 7) is -2.25. The summed E-state index contributed by atoms with van der Waals surface area (Å²) in [5.74, 6) is -6.45. The van der Waals surface area contributed by atoms with Gasteiger partial charge in [0.1, 0.15) is 0 Å². The molecule has 0 aromatic heterocycles. The van der Waals surface area contributed by atoms with Crippen molar-refractivity contribution >= 4 is 5.91 Å². The van der Waals surface area contributed by atoms with Crippen LogP contribution in [0.15, 0.2) is 24.3 Å². The summed E-state index contributed by atoms with van der Waals surface area (Å²) in [6, 6.07) is 3.28. The normalized spacial score (nSPS) is 22.4. The standard InChI is InChI=1S/C15H12F9NO/c16-13(17,18)8-5-9(14(19,20)21)7-25(6-8)12(26)10-3-1-2-4-11(10)15(22,23)24/h1-4,8-9H,5-7H2/t8-,9-/m1/s1. The second kappa shape index (κ2) is 6.66. The fraction of sp³-hybridized carbons (Fsp3) is 0.533. The minimum absolute atomic E-state index is 0.199. The van der Waals surface area contributed by atoms with Crippen LogP contribution in [-0.4, -0.2) is 36.2 Å². The molecule has 26 heavy (non-hydrogen) atoms. The van der Waals surface area contributed by atoms with Gasteiger partial charge in [-0.1, -0.05) is 12.1 Å². The molecule has 1 saturated heterocycles. The first-order valence-corrected chi connectivity index (χ1v) is 7.30. The topological polar surface area (TPSA) is 20.3 Å². The number of hydrogen-bond donors (Lipinski definition) is 0. The SMILES string of the molecule is O=C(c1ccccc1C(F)(F)F)N1C[C@H](C(F)(F)F)C[C@@H](C(F)(F)F)C1. The van der Waals surface area contributed by atoms with Crippen LogP contribution in [-0.2, 0) is 6.18 Å². The van der Waals surface area contributed by atoms with E-state index >= 15 is 0 Å². The molecule has 1 heterocycles. The molecule has 0 N–H and O–H groups in total. The number of carbonyl (C=O) groups excluding carboxylic acids is 1. The number of hydrogen-bond acceptors (Lipinski definition) is 1. The molecule has 0 unspecified atom stereocenters. The van der Waals surface area contributed by atoms with E-state index in [9.17, 15) is 44.3 Å². The molecule has 1 aliphatic heterocycles. The fourth-order valence-electron chi connectivity index (χ4n) is 2.83. The molecule has 1 amide bonds. The van der Waals surface area contributed by atoms with E-state index in [-0.39, 0.29) is 4.90 Å². The van der Waals surface area contributed by atoms with Gasteiger partial charge in [-0.15, -0.1) is 0 Å². The highest BCUT2D eigenvalue weighted by atomic mass is 19.4. The molecular formula is C15H12F9NO. The molecule has 146 valence electrons. The van der Waals surface area contributed by atoms with Gasteiger partial charge >= 0.3 is 18.5 Å². The smallest absolute Gasteiger partial charge is 0.337 e. The number of likely N-dealkylation sites (tertiary alicyclic amines) is 1. The third kappa shape index (κ3) is 4.42. The quantitative estimate of drug-likeness (QED) is 0.621. The summed E-state index contributed by atoms with van der Waals surface area (Å²) in [4.78, 5) is 12.5. The lowest BCUT2D eigenvalue weighted by molar-refractivity contribution is -0.227. The van der Waals surface area contributed by atoms with Gasteiger partial charge in [0.05, 0.1) is 23.0 Å². The molecule has 0 aliphatic carbocycles. The zero-order valence-corrected chi connectivity index (χ0v) is 12.8. The Morgan fingerprint density at radius 1 is 0.846 bits per heavy atom. The van der Waals surface area contributed by atoms with Crippen LogP contribution in [0.4, 0.5) is 39.5 Å². The molecule has 2 rings (SSSR count). The first-order chi connectivity index (χ1) is 11.7. The number of benzene rings is 1. The van der Waals surface area contributed by atoms with E-state index in [1.165, 1.54) is 0 Å². The summed E-state index contributed by atoms with van der Waals surface area (Å²) in [6.07, 6.45) is -16.3. The highest BCUT2D eigenvalue weighted by molar-refractivity contribution is 5.96. The Bertz CT molecular complexity index is 640. The maximum atomic E-state index is 13.0. The predicted molar refractivity (Wildman–Crippen MR) is 71.1 cm³/mol. The van der Waals surface area contributed by atoms with E-state index in [1.807, 2.05) is 0 Å². The number of halogens is 9. The molecule has 1 aromatic carbocycles. The molecule has 0 spiro atoms. The van der Waals surface area contributed by atoms with Crippen LogP contribution in [0.1, 0.15) is 22.3 Å². The van der Waals surface area contributed by atoms with Gasteiger partial charge in [-0.3, -0.25) is 4.79 Å². The van der Waals surface area contributed by atoms with E-state index in [1.54, 1.807) is 0 Å². The van der Waals surface area contributed by atoms with Gasteiger partial charge in [0.25, 0.3) is 5.91 Å². The summed E-state index contributed by atoms with van der Waals surface area (Å²) in [7, 11) is 0. The Morgan fingerprint density at radius 2 is 1.31 bits per heavy atom. The van der Waals surface area contributed by atoms with Gasteiger partial charge in [-0.2, -0.15) is 39.5 Å². The third-order valence-electron chi connectivity index (χ3n) is 4.13. The Hall–Kier alpha value is -1.94. The van der Waals surface area contributed by atoms with Crippen LogP contribution in [0, 0.1) is 11.8 Å². The van der Waals surface area contributed by atoms with Gasteiger partial charge in [0.2, 0.25) is 0 Å². The fourth-order valence-corrected chi connectivity index (χ4v) is 2.83. The van der Waals surface area contributed by atoms with Crippen molar-refractivity contribution in [3.8, 4) is 0 Å². The van der Waals surface area contributed by atoms with Crippen LogP contribution >= 0.6 is 0 Å². The molecule has 1 aliphatic rings. The van der Waals surface area contributed by atoms with Crippen molar-refractivity contribution in [1.82, 2.24) is 4.90 Å². The van der Waals surface area contributed by atoms with Crippen molar-refractivity contribution in [3.63, 3.8) is 0 Å². The lowest BCUT2D eigenvalue weighted by atomic mass is 9.87. The molecule has 2 nitrogen and oxygen atoms in total. The monoisotopic (exact) mass is 393 g/mol. The number of carbonyl (C=O) groups is 1. The highest BCUT2D eigenvalue weighted by Gasteiger charge is 2.52. The highest BCUT2D eigenvalue weighted by Crippen LogP contribution is 2.42. The molecular weight excluding hydrogens is 381 g/mol. The van der Waals surface area contributed by atoms with Crippen molar-refractivity contribution in [3.05, 3.63) is 35.4 Å². The summed E-state index contributed by atoms with van der Waals surface area (Å²) >= 11 is 0. The number of amides is 1. The minimum Gasteiger partial charge on any atom is -0.337 e. The van der Waals surface area contributed by atoms with Gasteiger partial charge in [0, 0.05) is 13.1 Å². The number of rotatable bonds is 1. The van der Waals surface area contributed by atoms with Crippen LogP contribution in [0.5, 0.6) is 0 Å². The van der Waals surface area contributed by atoms with Gasteiger partial charge in [0.15, 0.2) is 0 Å².